The molecule has 0 fully saturated rings. The molecule has 7 rings (SSSR count). The average molecular weight is 601 g/mol. The van der Waals surface area contributed by atoms with E-state index in [2.05, 4.69) is 147 Å². The first-order valence-corrected chi connectivity index (χ1v) is 16.8. The van der Waals surface area contributed by atoms with Crippen molar-refractivity contribution in [1.82, 2.24) is 9.13 Å². The van der Waals surface area contributed by atoms with Gasteiger partial charge in [0.05, 0.1) is 0 Å². The van der Waals surface area contributed by atoms with Crippen LogP contribution in [0, 0.1) is 0 Å². The minimum atomic E-state index is 0.950. The van der Waals surface area contributed by atoms with E-state index in [0.717, 1.165) is 38.8 Å². The number of aromatic nitrogens is 2. The lowest BCUT2D eigenvalue weighted by Gasteiger charge is -2.09. The smallest absolute Gasteiger partial charge is 0.0494 e. The van der Waals surface area contributed by atoms with E-state index in [1.165, 1.54) is 88.1 Å². The number of allylic oxidation sites excluding steroid dienone is 2. The number of aryl methyl sites for hydroxylation is 4. The Morgan fingerprint density at radius 1 is 0.478 bits per heavy atom. The molecule has 0 unspecified atom stereocenters. The van der Waals surface area contributed by atoms with Gasteiger partial charge in [-0.15, -0.1) is 13.2 Å². The Morgan fingerprint density at radius 2 is 0.913 bits per heavy atom. The van der Waals surface area contributed by atoms with Gasteiger partial charge >= 0.3 is 0 Å². The lowest BCUT2D eigenvalue weighted by atomic mass is 9.96. The molecule has 0 saturated carbocycles. The fourth-order valence-corrected chi connectivity index (χ4v) is 7.24. The first kappa shape index (κ1) is 29.9. The Balaban J connectivity index is 1.27. The zero-order chi connectivity index (χ0) is 31.9. The first-order chi connectivity index (χ1) is 22.3. The maximum absolute atomic E-state index is 4.10. The van der Waals surface area contributed by atoms with Crippen LogP contribution in [0.3, 0.4) is 0 Å². The maximum Gasteiger partial charge on any atom is 0.0494 e. The van der Waals surface area contributed by atoms with Crippen molar-refractivity contribution in [2.75, 3.05) is 0 Å². The normalized spacial score (nSPS) is 11.7. The molecule has 0 amide bonds. The third kappa shape index (κ3) is 5.36. The quantitative estimate of drug-likeness (QED) is 0.138. The molecule has 5 aromatic carbocycles. The minimum absolute atomic E-state index is 0.950. The first-order valence-electron chi connectivity index (χ1n) is 16.8. The van der Waals surface area contributed by atoms with Crippen molar-refractivity contribution in [3.8, 4) is 22.3 Å². The Hall–Kier alpha value is -4.82. The van der Waals surface area contributed by atoms with Gasteiger partial charge in [0.2, 0.25) is 0 Å². The molecule has 0 aliphatic rings. The van der Waals surface area contributed by atoms with E-state index in [0.29, 0.717) is 0 Å². The van der Waals surface area contributed by atoms with Crippen molar-refractivity contribution in [3.63, 3.8) is 0 Å². The highest BCUT2D eigenvalue weighted by atomic mass is 15.0. The van der Waals surface area contributed by atoms with Crippen molar-refractivity contribution in [1.29, 1.82) is 0 Å². The van der Waals surface area contributed by atoms with E-state index in [1.807, 2.05) is 0 Å². The number of hydrogen-bond donors (Lipinski definition) is 0. The Bertz CT molecular complexity index is 2130. The molecule has 0 radical (unpaired) electrons. The Morgan fingerprint density at radius 3 is 1.33 bits per heavy atom. The van der Waals surface area contributed by atoms with Gasteiger partial charge in [-0.2, -0.15) is 0 Å². The van der Waals surface area contributed by atoms with Crippen molar-refractivity contribution < 1.29 is 0 Å². The van der Waals surface area contributed by atoms with Crippen LogP contribution in [0.15, 0.2) is 121 Å². The molecule has 0 spiro atoms. The summed E-state index contributed by atoms with van der Waals surface area (Å²) < 4.78 is 4.92. The van der Waals surface area contributed by atoms with Gasteiger partial charge in [-0.1, -0.05) is 65.7 Å². The van der Waals surface area contributed by atoms with Crippen LogP contribution in [-0.4, -0.2) is 9.13 Å². The summed E-state index contributed by atoms with van der Waals surface area (Å²) in [6, 6.07) is 37.0. The van der Waals surface area contributed by atoms with Crippen molar-refractivity contribution in [3.05, 3.63) is 132 Å². The van der Waals surface area contributed by atoms with Crippen molar-refractivity contribution >= 4 is 43.6 Å². The predicted molar refractivity (Wildman–Crippen MR) is 201 cm³/mol. The monoisotopic (exact) mass is 600 g/mol. The highest BCUT2D eigenvalue weighted by molar-refractivity contribution is 6.10. The minimum Gasteiger partial charge on any atom is -0.341 e. The molecule has 46 heavy (non-hydrogen) atoms. The molecular weight excluding hydrogens is 556 g/mol. The number of benzene rings is 5. The molecule has 2 aromatic heterocycles. The Labute approximate surface area is 273 Å². The third-order valence-corrected chi connectivity index (χ3v) is 9.70. The highest BCUT2D eigenvalue weighted by Gasteiger charge is 2.14. The van der Waals surface area contributed by atoms with Crippen LogP contribution in [-0.2, 0) is 25.9 Å². The van der Waals surface area contributed by atoms with Crippen LogP contribution < -0.4 is 0 Å². The molecule has 0 aliphatic carbocycles. The summed E-state index contributed by atoms with van der Waals surface area (Å²) >= 11 is 0. The fourth-order valence-electron chi connectivity index (χ4n) is 7.24. The van der Waals surface area contributed by atoms with Crippen molar-refractivity contribution in [2.45, 2.75) is 66.5 Å². The second kappa shape index (κ2) is 12.2. The standard InChI is InChI=1S/C44H44N2/c1-7-45-41-22-18-35(27-39(41)37-20-16-31(24-43(37)45)14-12-29(3)4)33-10-9-11-34(26-33)36-19-23-42-40(28-36)38-21-17-32(15-13-30(5)6)25-44(38)46(42)8-2/h9-11,16-28H,3,5,7-8,12-15H2,1-2,4,6H3. The lowest BCUT2D eigenvalue weighted by molar-refractivity contribution is 0.825. The zero-order valence-electron chi connectivity index (χ0n) is 27.8. The Kier molecular flexibility index (Phi) is 7.90. The predicted octanol–water partition coefficient (Wildman–Crippen LogP) is 12.3. The summed E-state index contributed by atoms with van der Waals surface area (Å²) in [6.45, 7) is 18.8. The molecule has 0 saturated heterocycles. The molecule has 2 heterocycles. The van der Waals surface area contributed by atoms with Gasteiger partial charge in [0.1, 0.15) is 0 Å². The van der Waals surface area contributed by atoms with Gasteiger partial charge < -0.3 is 9.13 Å². The molecule has 0 atom stereocenters. The molecular formula is C44H44N2. The van der Waals surface area contributed by atoms with Crippen LogP contribution in [0.1, 0.15) is 51.7 Å². The number of nitrogens with zero attached hydrogens (tertiary/aromatic N) is 2. The third-order valence-electron chi connectivity index (χ3n) is 9.70. The molecule has 0 aliphatic heterocycles. The second-order valence-corrected chi connectivity index (χ2v) is 13.2. The summed E-state index contributed by atoms with van der Waals surface area (Å²) in [7, 11) is 0. The maximum atomic E-state index is 4.10. The van der Waals surface area contributed by atoms with E-state index in [4.69, 9.17) is 0 Å². The van der Waals surface area contributed by atoms with Crippen LogP contribution in [0.2, 0.25) is 0 Å². The second-order valence-electron chi connectivity index (χ2n) is 13.2. The van der Waals surface area contributed by atoms with E-state index in [9.17, 15) is 0 Å². The molecule has 2 heteroatoms. The molecule has 0 bridgehead atoms. The summed E-state index contributed by atoms with van der Waals surface area (Å²) in [5.41, 5.74) is 15.5. The van der Waals surface area contributed by atoms with Crippen LogP contribution in [0.5, 0.6) is 0 Å². The summed E-state index contributed by atoms with van der Waals surface area (Å²) in [5.74, 6) is 0. The summed E-state index contributed by atoms with van der Waals surface area (Å²) in [6.07, 6.45) is 4.14. The van der Waals surface area contributed by atoms with Gasteiger partial charge in [0.15, 0.2) is 0 Å². The van der Waals surface area contributed by atoms with E-state index in [-0.39, 0.29) is 0 Å². The van der Waals surface area contributed by atoms with Crippen LogP contribution in [0.4, 0.5) is 0 Å². The van der Waals surface area contributed by atoms with E-state index < -0.39 is 0 Å². The van der Waals surface area contributed by atoms with Gasteiger partial charge in [-0.3, -0.25) is 0 Å². The zero-order valence-corrected chi connectivity index (χ0v) is 27.8. The fraction of sp³-hybridized carbons (Fsp3) is 0.227. The number of hydrogen-bond acceptors (Lipinski definition) is 0. The summed E-state index contributed by atoms with van der Waals surface area (Å²) in [5, 5.41) is 5.30. The molecule has 0 N–H and O–H groups in total. The SMILES string of the molecule is C=C(C)CCc1ccc2c3cc(-c4cccc(-c5ccc6c(c5)c5ccc(CCC(=C)C)cc5n6CC)c4)ccc3n(CC)c2c1. The van der Waals surface area contributed by atoms with Gasteiger partial charge in [0.25, 0.3) is 0 Å². The number of rotatable bonds is 10. The largest absolute Gasteiger partial charge is 0.341 e. The summed E-state index contributed by atoms with van der Waals surface area (Å²) in [4.78, 5) is 0. The molecule has 7 aromatic rings. The van der Waals surface area contributed by atoms with Crippen molar-refractivity contribution in [2.24, 2.45) is 0 Å². The molecule has 230 valence electrons. The lowest BCUT2D eigenvalue weighted by Crippen LogP contribution is -1.94. The van der Waals surface area contributed by atoms with Gasteiger partial charge in [-0.25, -0.2) is 0 Å². The van der Waals surface area contributed by atoms with Gasteiger partial charge in [-0.05, 0) is 129 Å². The van der Waals surface area contributed by atoms with Gasteiger partial charge in [0, 0.05) is 56.7 Å². The number of fused-ring (bicyclic) bond motifs is 6. The topological polar surface area (TPSA) is 9.86 Å². The average Bonchev–Trinajstić information content (AvgIpc) is 3.56. The van der Waals surface area contributed by atoms with Crippen LogP contribution >= 0.6 is 0 Å². The van der Waals surface area contributed by atoms with E-state index >= 15 is 0 Å². The van der Waals surface area contributed by atoms with Crippen LogP contribution in [0.25, 0.3) is 65.9 Å². The highest BCUT2D eigenvalue weighted by Crippen LogP contribution is 2.37. The van der Waals surface area contributed by atoms with E-state index in [1.54, 1.807) is 0 Å². The molecule has 2 nitrogen and oxygen atoms in total.